The lowest BCUT2D eigenvalue weighted by Crippen LogP contribution is -3.13. The lowest BCUT2D eigenvalue weighted by atomic mass is 10.0. The number of piperazine rings is 1. The van der Waals surface area contributed by atoms with Crippen molar-refractivity contribution in [1.29, 1.82) is 0 Å². The van der Waals surface area contributed by atoms with E-state index in [1.807, 2.05) is 31.2 Å². The number of nitrogens with one attached hydrogen (secondary N) is 1. The molecule has 1 saturated heterocycles. The van der Waals surface area contributed by atoms with Crippen LogP contribution in [0.3, 0.4) is 0 Å². The zero-order chi connectivity index (χ0) is 19.0. The van der Waals surface area contributed by atoms with Gasteiger partial charge >= 0.3 is 0 Å². The van der Waals surface area contributed by atoms with E-state index in [2.05, 4.69) is 11.9 Å². The molecule has 27 heavy (non-hydrogen) atoms. The minimum Gasteiger partial charge on any atom is -0.872 e. The number of hydrogen-bond acceptors (Lipinski definition) is 4. The fraction of sp³-hybridized carbons (Fsp3) is 0.318. The number of carbonyl (C=O) groups is 1. The summed E-state index contributed by atoms with van der Waals surface area (Å²) in [5.74, 6) is 0.547. The lowest BCUT2D eigenvalue weighted by molar-refractivity contribution is -0.918. The number of quaternary nitrogens is 1. The highest BCUT2D eigenvalue weighted by molar-refractivity contribution is 6.15. The number of benzene rings is 2. The second kappa shape index (κ2) is 7.18. The Kier molecular flexibility index (Phi) is 4.72. The van der Waals surface area contributed by atoms with Crippen molar-refractivity contribution in [3.05, 3.63) is 64.4 Å². The zero-order valence-corrected chi connectivity index (χ0v) is 15.7. The number of rotatable bonds is 3. The van der Waals surface area contributed by atoms with Crippen LogP contribution in [0.1, 0.15) is 27.0 Å². The molecule has 0 aliphatic carbocycles. The van der Waals surface area contributed by atoms with Gasteiger partial charge in [0.2, 0.25) is 5.78 Å². The molecule has 2 aliphatic rings. The molecule has 0 atom stereocenters. The molecule has 2 heterocycles. The Bertz CT molecular complexity index is 912. The summed E-state index contributed by atoms with van der Waals surface area (Å²) in [5, 5.41) is 12.5. The van der Waals surface area contributed by atoms with Crippen LogP contribution in [0.5, 0.6) is 11.5 Å². The number of ether oxygens (including phenoxy) is 1. The summed E-state index contributed by atoms with van der Waals surface area (Å²) in [7, 11) is 2.11. The van der Waals surface area contributed by atoms with Gasteiger partial charge in [-0.1, -0.05) is 36.1 Å². The lowest BCUT2D eigenvalue weighted by Gasteiger charge is -2.30. The van der Waals surface area contributed by atoms with Gasteiger partial charge in [0.25, 0.3) is 0 Å². The minimum absolute atomic E-state index is 0.0508. The highest BCUT2D eigenvalue weighted by Crippen LogP contribution is 2.38. The van der Waals surface area contributed by atoms with E-state index in [0.717, 1.165) is 37.3 Å². The van der Waals surface area contributed by atoms with Gasteiger partial charge in [-0.05, 0) is 37.2 Å². The largest absolute Gasteiger partial charge is 0.872 e. The molecule has 1 N–H and O–H groups in total. The van der Waals surface area contributed by atoms with Gasteiger partial charge in [0, 0.05) is 18.7 Å². The Balaban J connectivity index is 1.64. The molecule has 2 aromatic carbocycles. The molecule has 1 fully saturated rings. The maximum atomic E-state index is 12.8. The molecule has 5 nitrogen and oxygen atoms in total. The number of carbonyl (C=O) groups excluding carboxylic acids is 1. The summed E-state index contributed by atoms with van der Waals surface area (Å²) in [6, 6.07) is 10.9. The number of Topliss-reactive ketones (excluding diaryl/α,β-unsaturated/α-hetero) is 1. The summed E-state index contributed by atoms with van der Waals surface area (Å²) in [5.41, 5.74) is 3.14. The van der Waals surface area contributed by atoms with Crippen molar-refractivity contribution in [1.82, 2.24) is 4.90 Å². The van der Waals surface area contributed by atoms with Crippen LogP contribution in [0.2, 0.25) is 0 Å². The molecule has 0 saturated carbocycles. The van der Waals surface area contributed by atoms with Gasteiger partial charge in [-0.2, -0.15) is 0 Å². The normalized spacial score (nSPS) is 19.3. The Hall–Kier alpha value is -2.63. The maximum absolute atomic E-state index is 12.8. The van der Waals surface area contributed by atoms with Gasteiger partial charge in [-0.15, -0.1) is 0 Å². The topological polar surface area (TPSA) is 57.0 Å². The van der Waals surface area contributed by atoms with E-state index in [1.54, 1.807) is 12.1 Å². The highest BCUT2D eigenvalue weighted by atomic mass is 16.5. The third-order valence-electron chi connectivity index (χ3n) is 5.49. The number of allylic oxidation sites excluding steroid dienone is 1. The standard InChI is InChI=1S/C22H24N2O3/c1-15-5-3-4-6-16(15)13-20-21(26)17-7-8-19(25)18(22(17)27-20)14-24-11-9-23(2)10-12-24/h3-8,13,25H,9-12,14H2,1-2H3/b20-13-. The summed E-state index contributed by atoms with van der Waals surface area (Å²) >= 11 is 0. The Morgan fingerprint density at radius 3 is 2.67 bits per heavy atom. The highest BCUT2D eigenvalue weighted by Gasteiger charge is 2.31. The van der Waals surface area contributed by atoms with Gasteiger partial charge in [-0.25, -0.2) is 0 Å². The molecule has 0 unspecified atom stereocenters. The van der Waals surface area contributed by atoms with Gasteiger partial charge in [-0.3, -0.25) is 9.69 Å². The van der Waals surface area contributed by atoms with Gasteiger partial charge in [0.1, 0.15) is 12.3 Å². The first-order valence-corrected chi connectivity index (χ1v) is 9.38. The van der Waals surface area contributed by atoms with E-state index >= 15 is 0 Å². The van der Waals surface area contributed by atoms with Crippen molar-refractivity contribution >= 4 is 11.9 Å². The van der Waals surface area contributed by atoms with Crippen LogP contribution in [0.4, 0.5) is 0 Å². The summed E-state index contributed by atoms with van der Waals surface area (Å²) in [6.45, 7) is 6.59. The molecule has 0 aromatic heterocycles. The van der Waals surface area contributed by atoms with E-state index in [1.165, 1.54) is 11.0 Å². The van der Waals surface area contributed by atoms with Crippen molar-refractivity contribution < 1.29 is 19.5 Å². The number of nitrogens with zero attached hydrogens (tertiary/aromatic N) is 1. The Labute approximate surface area is 159 Å². The van der Waals surface area contributed by atoms with E-state index < -0.39 is 0 Å². The van der Waals surface area contributed by atoms with E-state index in [9.17, 15) is 9.90 Å². The van der Waals surface area contributed by atoms with Crippen LogP contribution in [0, 0.1) is 6.92 Å². The molecular formula is C22H24N2O3. The molecular weight excluding hydrogens is 340 g/mol. The summed E-state index contributed by atoms with van der Waals surface area (Å²) in [4.78, 5) is 16.4. The first kappa shape index (κ1) is 17.8. The molecule has 5 heteroatoms. The second-order valence-electron chi connectivity index (χ2n) is 7.45. The number of likely N-dealkylation sites (N-methyl/N-ethyl adjacent to an activating group) is 1. The SMILES string of the molecule is Cc1ccccc1/C=C1\Oc2c(ccc([O-])c2C[NH+]2CCN(C)CC2)C1=O. The molecule has 140 valence electrons. The predicted molar refractivity (Wildman–Crippen MR) is 102 cm³/mol. The van der Waals surface area contributed by atoms with E-state index in [4.69, 9.17) is 4.74 Å². The maximum Gasteiger partial charge on any atom is 0.231 e. The molecule has 0 radical (unpaired) electrons. The molecule has 0 spiro atoms. The van der Waals surface area contributed by atoms with Gasteiger partial charge in [0.15, 0.2) is 5.76 Å². The predicted octanol–water partition coefficient (Wildman–Crippen LogP) is 1.02. The minimum atomic E-state index is -0.150. The Morgan fingerprint density at radius 2 is 1.93 bits per heavy atom. The molecule has 2 aliphatic heterocycles. The van der Waals surface area contributed by atoms with Crippen molar-refractivity contribution in [3.8, 4) is 11.5 Å². The quantitative estimate of drug-likeness (QED) is 0.826. The van der Waals surface area contributed by atoms with Crippen molar-refractivity contribution in [2.45, 2.75) is 13.5 Å². The number of hydrogen-bond donors (Lipinski definition) is 1. The van der Waals surface area contributed by atoms with E-state index in [-0.39, 0.29) is 11.5 Å². The number of fused-ring (bicyclic) bond motifs is 1. The number of aryl methyl sites for hydroxylation is 1. The van der Waals surface area contributed by atoms with Crippen LogP contribution in [0.15, 0.2) is 42.2 Å². The van der Waals surface area contributed by atoms with Crippen molar-refractivity contribution in [3.63, 3.8) is 0 Å². The van der Waals surface area contributed by atoms with E-state index in [0.29, 0.717) is 29.2 Å². The molecule has 2 aromatic rings. The second-order valence-corrected chi connectivity index (χ2v) is 7.45. The summed E-state index contributed by atoms with van der Waals surface area (Å²) < 4.78 is 5.94. The van der Waals surface area contributed by atoms with Crippen LogP contribution >= 0.6 is 0 Å². The van der Waals surface area contributed by atoms with Gasteiger partial charge < -0.3 is 14.7 Å². The first-order chi connectivity index (χ1) is 13.0. The first-order valence-electron chi connectivity index (χ1n) is 9.38. The Morgan fingerprint density at radius 1 is 1.19 bits per heavy atom. The molecule has 0 bridgehead atoms. The van der Waals surface area contributed by atoms with Crippen LogP contribution < -0.4 is 14.7 Å². The fourth-order valence-corrected chi connectivity index (χ4v) is 3.71. The monoisotopic (exact) mass is 364 g/mol. The third-order valence-corrected chi connectivity index (χ3v) is 5.49. The molecule has 4 rings (SSSR count). The van der Waals surface area contributed by atoms with Crippen molar-refractivity contribution in [2.75, 3.05) is 33.2 Å². The smallest absolute Gasteiger partial charge is 0.231 e. The fourth-order valence-electron chi connectivity index (χ4n) is 3.71. The summed E-state index contributed by atoms with van der Waals surface area (Å²) in [6.07, 6.45) is 1.77. The zero-order valence-electron chi connectivity index (χ0n) is 15.7. The van der Waals surface area contributed by atoms with Crippen LogP contribution in [0.25, 0.3) is 6.08 Å². The van der Waals surface area contributed by atoms with Gasteiger partial charge in [0.05, 0.1) is 18.7 Å². The molecule has 0 amide bonds. The third kappa shape index (κ3) is 3.48. The average Bonchev–Trinajstić information content (AvgIpc) is 2.97. The van der Waals surface area contributed by atoms with Crippen LogP contribution in [-0.2, 0) is 6.54 Å². The number of ketones is 1. The van der Waals surface area contributed by atoms with Crippen LogP contribution in [-0.4, -0.2) is 43.9 Å². The average molecular weight is 364 g/mol. The van der Waals surface area contributed by atoms with Crippen molar-refractivity contribution in [2.24, 2.45) is 0 Å².